The molecule has 0 heterocycles. The van der Waals surface area contributed by atoms with Gasteiger partial charge in [-0.05, 0) is 25.7 Å². The van der Waals surface area contributed by atoms with E-state index in [4.69, 9.17) is 14.2 Å². The van der Waals surface area contributed by atoms with E-state index in [2.05, 4.69) is 16.4 Å². The van der Waals surface area contributed by atoms with Crippen molar-refractivity contribution in [2.24, 2.45) is 0 Å². The van der Waals surface area contributed by atoms with Crippen LogP contribution < -0.4 is 9.44 Å². The molecule has 0 aliphatic carbocycles. The minimum Gasteiger partial charge on any atom is -0.382 e. The first-order chi connectivity index (χ1) is 15.6. The van der Waals surface area contributed by atoms with E-state index < -0.39 is 10.2 Å². The van der Waals surface area contributed by atoms with Crippen molar-refractivity contribution in [1.82, 2.24) is 9.44 Å². The molecule has 8 heteroatoms. The number of ether oxygens (including phenoxy) is 3. The molecule has 0 fully saturated rings. The zero-order valence-electron chi connectivity index (χ0n) is 21.0. The normalized spacial score (nSPS) is 11.9. The highest BCUT2D eigenvalue weighted by Gasteiger charge is 2.07. The van der Waals surface area contributed by atoms with Crippen LogP contribution in [0.25, 0.3) is 0 Å². The predicted octanol–water partition coefficient (Wildman–Crippen LogP) is 4.96. The predicted molar refractivity (Wildman–Crippen MR) is 133 cm³/mol. The molecule has 0 saturated carbocycles. The molecule has 0 aliphatic heterocycles. The van der Waals surface area contributed by atoms with Crippen molar-refractivity contribution in [3.63, 3.8) is 0 Å². The SMILES string of the molecule is CCCCCCCCCCCCCCNS(=O)(=O)NCCCCCOCCOCCOC. The van der Waals surface area contributed by atoms with Crippen molar-refractivity contribution in [3.05, 3.63) is 0 Å². The van der Waals surface area contributed by atoms with Gasteiger partial charge < -0.3 is 14.2 Å². The van der Waals surface area contributed by atoms with Crippen molar-refractivity contribution >= 4 is 10.2 Å². The van der Waals surface area contributed by atoms with Gasteiger partial charge in [-0.2, -0.15) is 8.42 Å². The van der Waals surface area contributed by atoms with Gasteiger partial charge in [-0.1, -0.05) is 77.6 Å². The fourth-order valence-corrected chi connectivity index (χ4v) is 4.33. The van der Waals surface area contributed by atoms with Crippen LogP contribution >= 0.6 is 0 Å². The fraction of sp³-hybridized carbons (Fsp3) is 1.00. The molecule has 32 heavy (non-hydrogen) atoms. The smallest absolute Gasteiger partial charge is 0.276 e. The van der Waals surface area contributed by atoms with Crippen LogP contribution in [0.5, 0.6) is 0 Å². The van der Waals surface area contributed by atoms with Gasteiger partial charge in [0.15, 0.2) is 0 Å². The molecule has 194 valence electrons. The Hall–Kier alpha value is -0.250. The van der Waals surface area contributed by atoms with Gasteiger partial charge in [0.25, 0.3) is 10.2 Å². The Morgan fingerprint density at radius 1 is 0.531 bits per heavy atom. The Morgan fingerprint density at radius 3 is 1.44 bits per heavy atom. The standard InChI is InChI=1S/C24H52N2O5S/c1-3-4-5-6-7-8-9-10-11-12-13-15-18-25-32(27,28)26-19-16-14-17-20-30-23-24-31-22-21-29-2/h25-26H,3-24H2,1-2H3. The second kappa shape index (κ2) is 25.4. The fourth-order valence-electron chi connectivity index (χ4n) is 3.40. The molecule has 0 aliphatic rings. The molecule has 0 atom stereocenters. The summed E-state index contributed by atoms with van der Waals surface area (Å²) in [6, 6.07) is 0. The first kappa shape index (κ1) is 31.8. The van der Waals surface area contributed by atoms with Gasteiger partial charge in [0, 0.05) is 26.8 Å². The van der Waals surface area contributed by atoms with Gasteiger partial charge in [0.05, 0.1) is 26.4 Å². The second-order valence-corrected chi connectivity index (χ2v) is 10.0. The van der Waals surface area contributed by atoms with E-state index in [-0.39, 0.29) is 0 Å². The molecule has 0 aromatic rings. The summed E-state index contributed by atoms with van der Waals surface area (Å²) in [6.07, 6.45) is 18.0. The van der Waals surface area contributed by atoms with Crippen LogP contribution in [0, 0.1) is 0 Å². The van der Waals surface area contributed by atoms with E-state index in [0.717, 1.165) is 32.1 Å². The quantitative estimate of drug-likeness (QED) is 0.162. The van der Waals surface area contributed by atoms with Crippen LogP contribution in [0.2, 0.25) is 0 Å². The average molecular weight is 481 g/mol. The highest BCUT2D eigenvalue weighted by molar-refractivity contribution is 7.87. The van der Waals surface area contributed by atoms with E-state index in [1.165, 1.54) is 64.2 Å². The number of unbranched alkanes of at least 4 members (excludes halogenated alkanes) is 13. The maximum absolute atomic E-state index is 11.9. The van der Waals surface area contributed by atoms with Crippen LogP contribution in [0.15, 0.2) is 0 Å². The van der Waals surface area contributed by atoms with Gasteiger partial charge >= 0.3 is 0 Å². The van der Waals surface area contributed by atoms with Crippen LogP contribution in [0.1, 0.15) is 103 Å². The molecule has 0 aromatic carbocycles. The second-order valence-electron chi connectivity index (χ2n) is 8.46. The number of nitrogens with one attached hydrogen (secondary N) is 2. The lowest BCUT2D eigenvalue weighted by Crippen LogP contribution is -2.37. The minimum absolute atomic E-state index is 0.466. The average Bonchev–Trinajstić information content (AvgIpc) is 2.77. The number of hydrogen-bond acceptors (Lipinski definition) is 5. The first-order valence-corrected chi connectivity index (χ1v) is 14.5. The summed E-state index contributed by atoms with van der Waals surface area (Å²) in [5, 5.41) is 0. The van der Waals surface area contributed by atoms with Crippen LogP contribution in [-0.4, -0.2) is 61.7 Å². The molecule has 0 amide bonds. The Kier molecular flexibility index (Phi) is 25.2. The van der Waals surface area contributed by atoms with Crippen molar-refractivity contribution in [3.8, 4) is 0 Å². The van der Waals surface area contributed by atoms with E-state index in [1.54, 1.807) is 7.11 Å². The van der Waals surface area contributed by atoms with Gasteiger partial charge in [-0.25, -0.2) is 9.44 Å². The van der Waals surface area contributed by atoms with E-state index in [1.807, 2.05) is 0 Å². The summed E-state index contributed by atoms with van der Waals surface area (Å²) in [5.41, 5.74) is 0. The van der Waals surface area contributed by atoms with Gasteiger partial charge in [-0.3, -0.25) is 0 Å². The third-order valence-electron chi connectivity index (χ3n) is 5.38. The summed E-state index contributed by atoms with van der Waals surface area (Å²) in [7, 11) is -1.72. The molecule has 0 aromatic heterocycles. The highest BCUT2D eigenvalue weighted by atomic mass is 32.2. The van der Waals surface area contributed by atoms with E-state index >= 15 is 0 Å². The van der Waals surface area contributed by atoms with Crippen LogP contribution in [-0.2, 0) is 24.4 Å². The summed E-state index contributed by atoms with van der Waals surface area (Å²) in [6.45, 7) is 6.27. The van der Waals surface area contributed by atoms with Crippen molar-refractivity contribution in [2.75, 3.05) is 53.2 Å². The van der Waals surface area contributed by atoms with Crippen molar-refractivity contribution in [1.29, 1.82) is 0 Å². The molecule has 0 radical (unpaired) electrons. The largest absolute Gasteiger partial charge is 0.382 e. The Labute approximate surface area is 198 Å². The summed E-state index contributed by atoms with van der Waals surface area (Å²) >= 11 is 0. The third kappa shape index (κ3) is 26.0. The van der Waals surface area contributed by atoms with E-state index in [0.29, 0.717) is 46.1 Å². The summed E-state index contributed by atoms with van der Waals surface area (Å²) in [5.74, 6) is 0. The topological polar surface area (TPSA) is 85.9 Å². The molecule has 0 bridgehead atoms. The molecular weight excluding hydrogens is 428 g/mol. The maximum atomic E-state index is 11.9. The Morgan fingerprint density at radius 2 is 0.938 bits per heavy atom. The lowest BCUT2D eigenvalue weighted by Gasteiger charge is -2.09. The molecule has 0 spiro atoms. The van der Waals surface area contributed by atoms with Crippen LogP contribution in [0.3, 0.4) is 0 Å². The lowest BCUT2D eigenvalue weighted by atomic mass is 10.1. The van der Waals surface area contributed by atoms with Gasteiger partial charge in [0.2, 0.25) is 0 Å². The zero-order valence-corrected chi connectivity index (χ0v) is 21.8. The summed E-state index contributed by atoms with van der Waals surface area (Å²) in [4.78, 5) is 0. The Balaban J connectivity index is 3.31. The molecule has 0 unspecified atom stereocenters. The maximum Gasteiger partial charge on any atom is 0.276 e. The molecule has 0 saturated heterocycles. The molecular formula is C24H52N2O5S. The first-order valence-electron chi connectivity index (χ1n) is 13.0. The Bertz CT molecular complexity index is 463. The molecule has 0 rings (SSSR count). The van der Waals surface area contributed by atoms with Gasteiger partial charge in [0.1, 0.15) is 0 Å². The van der Waals surface area contributed by atoms with E-state index in [9.17, 15) is 8.42 Å². The lowest BCUT2D eigenvalue weighted by molar-refractivity contribution is 0.0240. The highest BCUT2D eigenvalue weighted by Crippen LogP contribution is 2.11. The number of methoxy groups -OCH3 is 1. The monoisotopic (exact) mass is 480 g/mol. The number of hydrogen-bond donors (Lipinski definition) is 2. The number of rotatable bonds is 27. The molecule has 2 N–H and O–H groups in total. The molecule has 7 nitrogen and oxygen atoms in total. The van der Waals surface area contributed by atoms with Gasteiger partial charge in [-0.15, -0.1) is 0 Å². The summed E-state index contributed by atoms with van der Waals surface area (Å²) < 4.78 is 44.8. The van der Waals surface area contributed by atoms with Crippen LogP contribution in [0.4, 0.5) is 0 Å². The zero-order chi connectivity index (χ0) is 23.6. The van der Waals surface area contributed by atoms with Crippen molar-refractivity contribution < 1.29 is 22.6 Å². The minimum atomic E-state index is -3.37. The third-order valence-corrected chi connectivity index (χ3v) is 6.55. The van der Waals surface area contributed by atoms with Crippen molar-refractivity contribution in [2.45, 2.75) is 103 Å².